The fourth-order valence-corrected chi connectivity index (χ4v) is 1.92. The molecule has 2 N–H and O–H groups in total. The maximum atomic E-state index is 6.12. The summed E-state index contributed by atoms with van der Waals surface area (Å²) in [5.41, 5.74) is 8.53. The summed E-state index contributed by atoms with van der Waals surface area (Å²) >= 11 is 0. The highest BCUT2D eigenvalue weighted by molar-refractivity contribution is 5.18. The van der Waals surface area contributed by atoms with Crippen LogP contribution in [-0.4, -0.2) is 11.0 Å². The first-order valence-corrected chi connectivity index (χ1v) is 6.40. The Morgan fingerprint density at radius 1 is 1.31 bits per heavy atom. The van der Waals surface area contributed by atoms with Crippen LogP contribution in [-0.2, 0) is 6.42 Å². The second kappa shape index (κ2) is 7.39. The normalized spacial score (nSPS) is 12.7. The molecule has 0 aliphatic heterocycles. The van der Waals surface area contributed by atoms with E-state index in [1.807, 2.05) is 12.3 Å². The topological polar surface area (TPSA) is 38.9 Å². The van der Waals surface area contributed by atoms with Gasteiger partial charge in [0.25, 0.3) is 0 Å². The van der Waals surface area contributed by atoms with Gasteiger partial charge in [-0.05, 0) is 25.0 Å². The summed E-state index contributed by atoms with van der Waals surface area (Å²) in [4.78, 5) is 4.38. The van der Waals surface area contributed by atoms with Gasteiger partial charge in [0.15, 0.2) is 0 Å². The van der Waals surface area contributed by atoms with E-state index in [2.05, 4.69) is 24.9 Å². The Labute approximate surface area is 99.3 Å². The number of nitrogens with two attached hydrogens (primary N) is 1. The van der Waals surface area contributed by atoms with Crippen LogP contribution in [0.15, 0.2) is 18.3 Å². The number of pyridine rings is 1. The molecule has 0 radical (unpaired) electrons. The lowest BCUT2D eigenvalue weighted by Gasteiger charge is -2.12. The highest BCUT2D eigenvalue weighted by Crippen LogP contribution is 2.10. The number of nitrogens with zero attached hydrogens (tertiary/aromatic N) is 1. The van der Waals surface area contributed by atoms with Crippen LogP contribution >= 0.6 is 0 Å². The maximum absolute atomic E-state index is 6.12. The smallest absolute Gasteiger partial charge is 0.0448 e. The summed E-state index contributed by atoms with van der Waals surface area (Å²) in [6, 6.07) is 4.35. The molecule has 0 fully saturated rings. The van der Waals surface area contributed by atoms with E-state index >= 15 is 0 Å². The van der Waals surface area contributed by atoms with Crippen molar-refractivity contribution in [2.24, 2.45) is 5.73 Å². The largest absolute Gasteiger partial charge is 0.327 e. The minimum Gasteiger partial charge on any atom is -0.327 e. The van der Waals surface area contributed by atoms with Gasteiger partial charge in [0.2, 0.25) is 0 Å². The number of hydrogen-bond acceptors (Lipinski definition) is 2. The lowest BCUT2D eigenvalue weighted by Crippen LogP contribution is -2.23. The molecule has 1 aromatic heterocycles. The van der Waals surface area contributed by atoms with Crippen LogP contribution in [0.25, 0.3) is 0 Å². The Morgan fingerprint density at radius 3 is 2.81 bits per heavy atom. The van der Waals surface area contributed by atoms with Crippen molar-refractivity contribution in [3.63, 3.8) is 0 Å². The monoisotopic (exact) mass is 220 g/mol. The Morgan fingerprint density at radius 2 is 2.12 bits per heavy atom. The van der Waals surface area contributed by atoms with Crippen molar-refractivity contribution in [1.82, 2.24) is 4.98 Å². The summed E-state index contributed by atoms with van der Waals surface area (Å²) in [5.74, 6) is 0. The molecule has 0 saturated carbocycles. The molecule has 1 rings (SSSR count). The van der Waals surface area contributed by atoms with E-state index in [9.17, 15) is 0 Å². The van der Waals surface area contributed by atoms with Gasteiger partial charge in [-0.25, -0.2) is 0 Å². The third-order valence-corrected chi connectivity index (χ3v) is 3.00. The molecule has 0 spiro atoms. The first kappa shape index (κ1) is 13.2. The number of aryl methyl sites for hydroxylation is 1. The maximum Gasteiger partial charge on any atom is 0.0448 e. The van der Waals surface area contributed by atoms with Gasteiger partial charge in [0.1, 0.15) is 0 Å². The highest BCUT2D eigenvalue weighted by atomic mass is 14.7. The molecular formula is C14H24N2. The van der Waals surface area contributed by atoms with Crippen molar-refractivity contribution in [2.45, 2.75) is 58.4 Å². The number of hydrogen-bond donors (Lipinski definition) is 1. The fraction of sp³-hybridized carbons (Fsp3) is 0.643. The summed E-state index contributed by atoms with van der Waals surface area (Å²) in [7, 11) is 0. The van der Waals surface area contributed by atoms with Crippen LogP contribution < -0.4 is 5.73 Å². The highest BCUT2D eigenvalue weighted by Gasteiger charge is 2.06. The fourth-order valence-electron chi connectivity index (χ4n) is 1.92. The van der Waals surface area contributed by atoms with Crippen LogP contribution in [0.1, 0.15) is 50.3 Å². The molecule has 1 heterocycles. The van der Waals surface area contributed by atoms with Gasteiger partial charge in [-0.3, -0.25) is 4.98 Å². The molecular weight excluding hydrogens is 196 g/mol. The van der Waals surface area contributed by atoms with E-state index < -0.39 is 0 Å². The predicted molar refractivity (Wildman–Crippen MR) is 69.4 cm³/mol. The van der Waals surface area contributed by atoms with Crippen LogP contribution in [0.4, 0.5) is 0 Å². The first-order chi connectivity index (χ1) is 7.74. The lowest BCUT2D eigenvalue weighted by atomic mass is 10.0. The van der Waals surface area contributed by atoms with E-state index in [1.54, 1.807) is 0 Å². The predicted octanol–water partition coefficient (Wildman–Crippen LogP) is 3.23. The number of aromatic nitrogens is 1. The van der Waals surface area contributed by atoms with Crippen LogP contribution in [0.2, 0.25) is 0 Å². The number of rotatable bonds is 7. The SMILES string of the molecule is CCCCCCC(N)Cc1ncccc1C. The van der Waals surface area contributed by atoms with E-state index in [1.165, 1.54) is 31.2 Å². The lowest BCUT2D eigenvalue weighted by molar-refractivity contribution is 0.541. The Kier molecular flexibility index (Phi) is 6.09. The Bertz CT molecular complexity index is 297. The zero-order valence-electron chi connectivity index (χ0n) is 10.6. The van der Waals surface area contributed by atoms with Gasteiger partial charge in [-0.1, -0.05) is 38.7 Å². The minimum absolute atomic E-state index is 0.269. The van der Waals surface area contributed by atoms with Crippen molar-refractivity contribution in [2.75, 3.05) is 0 Å². The molecule has 0 aliphatic rings. The van der Waals surface area contributed by atoms with Gasteiger partial charge in [-0.2, -0.15) is 0 Å². The van der Waals surface area contributed by atoms with Gasteiger partial charge in [0, 0.05) is 24.4 Å². The number of unbranched alkanes of at least 4 members (excludes halogenated alkanes) is 3. The average Bonchev–Trinajstić information content (AvgIpc) is 2.28. The third kappa shape index (κ3) is 4.75. The quantitative estimate of drug-likeness (QED) is 0.716. The van der Waals surface area contributed by atoms with E-state index in [4.69, 9.17) is 5.73 Å². The molecule has 0 saturated heterocycles. The van der Waals surface area contributed by atoms with Crippen molar-refractivity contribution in [3.8, 4) is 0 Å². The van der Waals surface area contributed by atoms with Crippen molar-refractivity contribution in [3.05, 3.63) is 29.6 Å². The van der Waals surface area contributed by atoms with Crippen LogP contribution in [0.3, 0.4) is 0 Å². The summed E-state index contributed by atoms with van der Waals surface area (Å²) in [6.45, 7) is 4.34. The van der Waals surface area contributed by atoms with Crippen LogP contribution in [0, 0.1) is 6.92 Å². The Hall–Kier alpha value is -0.890. The summed E-state index contributed by atoms with van der Waals surface area (Å²) < 4.78 is 0. The van der Waals surface area contributed by atoms with Crippen molar-refractivity contribution >= 4 is 0 Å². The van der Waals surface area contributed by atoms with Gasteiger partial charge < -0.3 is 5.73 Å². The van der Waals surface area contributed by atoms with Gasteiger partial charge >= 0.3 is 0 Å². The molecule has 2 nitrogen and oxygen atoms in total. The molecule has 90 valence electrons. The molecule has 0 aliphatic carbocycles. The molecule has 1 unspecified atom stereocenters. The minimum atomic E-state index is 0.269. The molecule has 2 heteroatoms. The van der Waals surface area contributed by atoms with Crippen LogP contribution in [0.5, 0.6) is 0 Å². The summed E-state index contributed by atoms with van der Waals surface area (Å²) in [5, 5.41) is 0. The second-order valence-corrected chi connectivity index (χ2v) is 4.58. The standard InChI is InChI=1S/C14H24N2/c1-3-4-5-6-9-13(15)11-14-12(2)8-7-10-16-14/h7-8,10,13H,3-6,9,11,15H2,1-2H3. The zero-order chi connectivity index (χ0) is 11.8. The van der Waals surface area contributed by atoms with Crippen molar-refractivity contribution < 1.29 is 0 Å². The van der Waals surface area contributed by atoms with E-state index in [0.29, 0.717) is 0 Å². The molecule has 16 heavy (non-hydrogen) atoms. The molecule has 1 aromatic rings. The second-order valence-electron chi connectivity index (χ2n) is 4.58. The molecule has 0 amide bonds. The van der Waals surface area contributed by atoms with E-state index in [0.717, 1.165) is 18.5 Å². The molecule has 0 bridgehead atoms. The average molecular weight is 220 g/mol. The van der Waals surface area contributed by atoms with Crippen molar-refractivity contribution in [1.29, 1.82) is 0 Å². The molecule has 0 aromatic carbocycles. The third-order valence-electron chi connectivity index (χ3n) is 3.00. The van der Waals surface area contributed by atoms with Gasteiger partial charge in [0.05, 0.1) is 0 Å². The summed E-state index contributed by atoms with van der Waals surface area (Å²) in [6.07, 6.45) is 9.07. The molecule has 1 atom stereocenters. The zero-order valence-corrected chi connectivity index (χ0v) is 10.6. The first-order valence-electron chi connectivity index (χ1n) is 6.40. The Balaban J connectivity index is 2.28. The van der Waals surface area contributed by atoms with E-state index in [-0.39, 0.29) is 6.04 Å². The van der Waals surface area contributed by atoms with Gasteiger partial charge in [-0.15, -0.1) is 0 Å².